The summed E-state index contributed by atoms with van der Waals surface area (Å²) in [7, 11) is 8.87. The van der Waals surface area contributed by atoms with Gasteiger partial charge in [0.1, 0.15) is 24.2 Å². The molecule has 1 aromatic rings. The number of hydrogen-bond acceptors (Lipinski definition) is 14. The quantitative estimate of drug-likeness (QED) is 0.0440. The minimum Gasteiger partial charge on any atom is -0.467 e. The third-order valence-electron chi connectivity index (χ3n) is 14.5. The van der Waals surface area contributed by atoms with Gasteiger partial charge in [0.2, 0.25) is 47.3 Å². The Morgan fingerprint density at radius 2 is 1.44 bits per heavy atom. The van der Waals surface area contributed by atoms with E-state index < -0.39 is 102 Å². The summed E-state index contributed by atoms with van der Waals surface area (Å²) in [6.07, 6.45) is 3.46. The highest BCUT2D eigenvalue weighted by Gasteiger charge is 2.44. The lowest BCUT2D eigenvalue weighted by molar-refractivity contribution is -0.149. The number of nitrogens with zero attached hydrogens (tertiary/aromatic N) is 4. The largest absolute Gasteiger partial charge is 0.467 e. The van der Waals surface area contributed by atoms with E-state index in [-0.39, 0.29) is 62.4 Å². The van der Waals surface area contributed by atoms with Crippen LogP contribution >= 0.6 is 11.8 Å². The predicted octanol–water partition coefficient (Wildman–Crippen LogP) is 3.18. The number of nitrogens with one attached hydrogen (secondary N) is 4. The molecule has 0 aliphatic carbocycles. The Labute approximate surface area is 467 Å². The number of likely N-dealkylation sites (tertiary alicyclic amines) is 1. The Morgan fingerprint density at radius 3 is 1.99 bits per heavy atom. The topological polar surface area (TPSA) is 252 Å². The van der Waals surface area contributed by atoms with Crippen LogP contribution in [0, 0.1) is 23.7 Å². The SMILES string of the molecule is CC[C@H](C)[C@@H]([C@@H](CC(=O)N1CCC[C@H]1[C@H](OC)[C@@H](C)C(=O)N[C@@H](Cc1ccccc1)C(=O)OC)OC)N(C)C(=O)[C@@H](NC(=O)[C@@H](C(C)C)N(C)C(=O)C(C)NC(=O)CCN(CCC(=O)NCCOC)C(=O)/C=C/SC)C(C)C. The minimum atomic E-state index is -1.07. The molecule has 1 aliphatic rings. The number of likely N-dealkylation sites (N-methyl/N-ethyl adjacent to an activating group) is 2. The van der Waals surface area contributed by atoms with Crippen LogP contribution in [0.4, 0.5) is 0 Å². The van der Waals surface area contributed by atoms with Gasteiger partial charge in [-0.2, -0.15) is 0 Å². The summed E-state index contributed by atoms with van der Waals surface area (Å²) in [5, 5.41) is 12.8. The van der Waals surface area contributed by atoms with E-state index in [1.165, 1.54) is 70.0 Å². The number of methoxy groups -OCH3 is 4. The zero-order valence-electron chi connectivity index (χ0n) is 49.0. The first kappa shape index (κ1) is 68.5. The highest BCUT2D eigenvalue weighted by molar-refractivity contribution is 8.01. The molecule has 0 aromatic heterocycles. The Bertz CT molecular complexity index is 2130. The molecule has 22 heteroatoms. The third kappa shape index (κ3) is 20.9. The minimum absolute atomic E-state index is 0.00947. The van der Waals surface area contributed by atoms with Crippen molar-refractivity contribution in [3.8, 4) is 0 Å². The number of hydrogen-bond donors (Lipinski definition) is 4. The van der Waals surface area contributed by atoms with Gasteiger partial charge in [-0.1, -0.05) is 85.2 Å². The van der Waals surface area contributed by atoms with Crippen molar-refractivity contribution in [1.82, 2.24) is 40.9 Å². The van der Waals surface area contributed by atoms with Crippen LogP contribution in [0.5, 0.6) is 0 Å². The van der Waals surface area contributed by atoms with Gasteiger partial charge in [0, 0.05) is 86.9 Å². The van der Waals surface area contributed by atoms with Crippen molar-refractivity contribution in [2.75, 3.05) is 81.6 Å². The van der Waals surface area contributed by atoms with Crippen LogP contribution in [0.3, 0.4) is 0 Å². The van der Waals surface area contributed by atoms with Crippen molar-refractivity contribution < 1.29 is 62.1 Å². The van der Waals surface area contributed by atoms with Gasteiger partial charge >= 0.3 is 5.97 Å². The van der Waals surface area contributed by atoms with E-state index in [9.17, 15) is 43.2 Å². The van der Waals surface area contributed by atoms with Crippen LogP contribution in [0.25, 0.3) is 0 Å². The number of carbonyl (C=O) groups excluding carboxylic acids is 9. The lowest BCUT2D eigenvalue weighted by Crippen LogP contribution is -2.61. The molecule has 0 saturated carbocycles. The number of amides is 8. The summed E-state index contributed by atoms with van der Waals surface area (Å²) in [5.41, 5.74) is 0.841. The van der Waals surface area contributed by atoms with Gasteiger partial charge in [-0.3, -0.25) is 38.4 Å². The maximum absolute atomic E-state index is 14.8. The van der Waals surface area contributed by atoms with Gasteiger partial charge in [-0.05, 0) is 54.7 Å². The second-order valence-electron chi connectivity index (χ2n) is 20.7. The number of esters is 1. The maximum atomic E-state index is 14.8. The Kier molecular flexibility index (Phi) is 30.9. The molecule has 10 atom stereocenters. The van der Waals surface area contributed by atoms with Crippen LogP contribution in [0.2, 0.25) is 0 Å². The average molecular weight is 1120 g/mol. The fraction of sp³-hybridized carbons (Fsp3) is 0.696. The fourth-order valence-electron chi connectivity index (χ4n) is 9.93. The average Bonchev–Trinajstić information content (AvgIpc) is 3.91. The van der Waals surface area contributed by atoms with Crippen LogP contribution in [0.15, 0.2) is 41.8 Å². The Morgan fingerprint density at radius 1 is 0.795 bits per heavy atom. The second kappa shape index (κ2) is 35.1. The number of rotatable bonds is 34. The van der Waals surface area contributed by atoms with Crippen LogP contribution in [0.1, 0.15) is 99.5 Å². The van der Waals surface area contributed by atoms with Crippen molar-refractivity contribution in [3.05, 3.63) is 47.4 Å². The molecule has 1 fully saturated rings. The molecule has 0 radical (unpaired) electrons. The van der Waals surface area contributed by atoms with E-state index in [4.69, 9.17) is 18.9 Å². The number of benzene rings is 1. The summed E-state index contributed by atoms with van der Waals surface area (Å²) in [4.78, 5) is 129. The fourth-order valence-corrected chi connectivity index (χ4v) is 10.2. The first-order valence-corrected chi connectivity index (χ1v) is 28.4. The molecule has 1 aliphatic heterocycles. The normalized spacial score (nSPS) is 16.9. The number of carbonyl (C=O) groups is 9. The van der Waals surface area contributed by atoms with Crippen molar-refractivity contribution in [1.29, 1.82) is 0 Å². The molecule has 78 heavy (non-hydrogen) atoms. The number of thioether (sulfide) groups is 1. The van der Waals surface area contributed by atoms with Gasteiger partial charge < -0.3 is 59.8 Å². The van der Waals surface area contributed by atoms with Crippen LogP contribution in [-0.4, -0.2) is 203 Å². The van der Waals surface area contributed by atoms with E-state index in [1.807, 2.05) is 44.2 Å². The molecule has 1 aromatic carbocycles. The van der Waals surface area contributed by atoms with Crippen molar-refractivity contribution in [3.63, 3.8) is 0 Å². The Hall–Kier alpha value is -5.58. The monoisotopic (exact) mass is 1120 g/mol. The molecule has 8 amide bonds. The van der Waals surface area contributed by atoms with E-state index in [1.54, 1.807) is 63.1 Å². The molecule has 0 spiro atoms. The van der Waals surface area contributed by atoms with Gasteiger partial charge in [-0.25, -0.2) is 4.79 Å². The molecule has 1 unspecified atom stereocenters. The zero-order chi connectivity index (χ0) is 58.8. The van der Waals surface area contributed by atoms with E-state index in [0.717, 1.165) is 5.56 Å². The lowest BCUT2D eigenvalue weighted by atomic mass is 9.89. The van der Waals surface area contributed by atoms with E-state index >= 15 is 0 Å². The molecule has 21 nitrogen and oxygen atoms in total. The molecule has 1 heterocycles. The predicted molar refractivity (Wildman–Crippen MR) is 299 cm³/mol. The van der Waals surface area contributed by atoms with E-state index in [2.05, 4.69) is 21.3 Å². The standard InChI is InChI=1S/C56H92N8O13S/c1-16-37(6)50(43(75-12)34-47(68)64-28-20-23-42(64)51(76-13)38(7)52(69)59-41(56(73)77-14)33-40-21-18-17-19-22-40)62(10)55(72)48(35(2)3)60-53(70)49(36(4)5)61(9)54(71)39(8)58-45(66)25-30-63(46(67)26-32-78-15)29-24-44(65)57-27-31-74-11/h17-19,21-22,26,32,35-39,41-43,48-51H,16,20,23-25,27-31,33-34H2,1-15H3,(H,57,65)(H,58,66)(H,59,69)(H,60,70)/b32-26+/t37-,38+,39?,41-,42-,43+,48-,49+,50-,51+/m0/s1. The van der Waals surface area contributed by atoms with Gasteiger partial charge in [-0.15, -0.1) is 11.8 Å². The summed E-state index contributed by atoms with van der Waals surface area (Å²) in [6.45, 7) is 15.4. The molecule has 440 valence electrons. The maximum Gasteiger partial charge on any atom is 0.328 e. The van der Waals surface area contributed by atoms with Crippen molar-refractivity contribution >= 4 is 65.0 Å². The highest BCUT2D eigenvalue weighted by Crippen LogP contribution is 2.30. The number of ether oxygens (including phenoxy) is 4. The smallest absolute Gasteiger partial charge is 0.328 e. The first-order valence-electron chi connectivity index (χ1n) is 27.1. The highest BCUT2D eigenvalue weighted by atomic mass is 32.2. The third-order valence-corrected chi connectivity index (χ3v) is 14.9. The summed E-state index contributed by atoms with van der Waals surface area (Å²) in [6, 6.07) is 4.04. The van der Waals surface area contributed by atoms with Gasteiger partial charge in [0.25, 0.3) is 0 Å². The molecule has 4 N–H and O–H groups in total. The molecular formula is C56H92N8O13S. The summed E-state index contributed by atoms with van der Waals surface area (Å²) >= 11 is 1.33. The first-order chi connectivity index (χ1) is 36.9. The second-order valence-corrected chi connectivity index (χ2v) is 21.5. The van der Waals surface area contributed by atoms with E-state index in [0.29, 0.717) is 39.0 Å². The van der Waals surface area contributed by atoms with Crippen LogP contribution in [-0.2, 0) is 68.5 Å². The molecule has 0 bridgehead atoms. The lowest BCUT2D eigenvalue weighted by Gasteiger charge is -2.41. The van der Waals surface area contributed by atoms with Crippen molar-refractivity contribution in [2.45, 2.75) is 149 Å². The van der Waals surface area contributed by atoms with Crippen molar-refractivity contribution in [2.24, 2.45) is 23.7 Å². The van der Waals surface area contributed by atoms with Crippen LogP contribution < -0.4 is 21.3 Å². The summed E-state index contributed by atoms with van der Waals surface area (Å²) < 4.78 is 22.0. The molecular weight excluding hydrogens is 1020 g/mol. The zero-order valence-corrected chi connectivity index (χ0v) is 49.8. The Balaban J connectivity index is 2.25. The van der Waals surface area contributed by atoms with Gasteiger partial charge in [0.05, 0.1) is 50.3 Å². The molecule has 2 rings (SSSR count). The summed E-state index contributed by atoms with van der Waals surface area (Å²) in [5.74, 6) is -5.79. The van der Waals surface area contributed by atoms with Gasteiger partial charge in [0.15, 0.2) is 0 Å². The molecule has 1 saturated heterocycles.